The predicted molar refractivity (Wildman–Crippen MR) is 84.7 cm³/mol. The molecule has 0 aromatic heterocycles. The molecule has 0 spiro atoms. The van der Waals surface area contributed by atoms with Crippen LogP contribution in [0, 0.1) is 0 Å². The summed E-state index contributed by atoms with van der Waals surface area (Å²) in [6, 6.07) is 0.984. The number of phenols is 3. The second-order valence-corrected chi connectivity index (χ2v) is 5.65. The zero-order valence-corrected chi connectivity index (χ0v) is 13.1. The van der Waals surface area contributed by atoms with Crippen LogP contribution >= 0.6 is 0 Å². The van der Waals surface area contributed by atoms with Crippen molar-refractivity contribution >= 4 is 5.97 Å². The van der Waals surface area contributed by atoms with Crippen LogP contribution in [0.15, 0.2) is 6.07 Å². The third-order valence-electron chi connectivity index (χ3n) is 3.87. The summed E-state index contributed by atoms with van der Waals surface area (Å²) < 4.78 is 0. The van der Waals surface area contributed by atoms with Crippen LogP contribution < -0.4 is 0 Å². The van der Waals surface area contributed by atoms with E-state index in [1.165, 1.54) is 32.1 Å². The maximum atomic E-state index is 11.2. The first-order chi connectivity index (χ1) is 10.5. The lowest BCUT2D eigenvalue weighted by molar-refractivity contribution is 0.0694. The molecular formula is C17H26O5. The highest BCUT2D eigenvalue weighted by atomic mass is 16.4. The summed E-state index contributed by atoms with van der Waals surface area (Å²) in [4.78, 5) is 11.2. The quantitative estimate of drug-likeness (QED) is 0.384. The van der Waals surface area contributed by atoms with E-state index in [1.807, 2.05) is 0 Å². The largest absolute Gasteiger partial charge is 0.504 e. The van der Waals surface area contributed by atoms with Crippen molar-refractivity contribution < 1.29 is 25.2 Å². The van der Waals surface area contributed by atoms with Crippen molar-refractivity contribution in [2.24, 2.45) is 0 Å². The summed E-state index contributed by atoms with van der Waals surface area (Å²) in [5.74, 6) is -3.02. The Hall–Kier alpha value is -1.91. The molecule has 0 atom stereocenters. The van der Waals surface area contributed by atoms with Gasteiger partial charge in [-0.3, -0.25) is 0 Å². The zero-order valence-electron chi connectivity index (χ0n) is 13.1. The monoisotopic (exact) mass is 310 g/mol. The molecule has 124 valence electrons. The molecule has 0 aliphatic carbocycles. The third-order valence-corrected chi connectivity index (χ3v) is 3.87. The SMILES string of the molecule is CCCCCCCCCCc1c(C(=O)O)cc(O)c(O)c1O. The van der Waals surface area contributed by atoms with Gasteiger partial charge in [0.2, 0.25) is 5.75 Å². The number of carboxylic acid groups (broad SMARTS) is 1. The number of phenolic OH excluding ortho intramolecular Hbond substituents is 3. The Bertz CT molecular complexity index is 496. The van der Waals surface area contributed by atoms with Gasteiger partial charge in [0.05, 0.1) is 5.56 Å². The molecule has 0 saturated heterocycles. The van der Waals surface area contributed by atoms with Crippen LogP contribution in [-0.2, 0) is 6.42 Å². The lowest BCUT2D eigenvalue weighted by Crippen LogP contribution is -2.03. The van der Waals surface area contributed by atoms with Gasteiger partial charge in [0.1, 0.15) is 0 Å². The van der Waals surface area contributed by atoms with Crippen molar-refractivity contribution in [3.05, 3.63) is 17.2 Å². The number of aromatic carboxylic acids is 1. The van der Waals surface area contributed by atoms with Gasteiger partial charge in [-0.05, 0) is 18.9 Å². The Kier molecular flexibility index (Phi) is 7.57. The van der Waals surface area contributed by atoms with Crippen LogP contribution in [0.3, 0.4) is 0 Å². The minimum Gasteiger partial charge on any atom is -0.504 e. The number of unbranched alkanes of at least 4 members (excludes halogenated alkanes) is 7. The number of rotatable bonds is 10. The maximum Gasteiger partial charge on any atom is 0.336 e. The van der Waals surface area contributed by atoms with Gasteiger partial charge in [-0.25, -0.2) is 4.79 Å². The Morgan fingerprint density at radius 3 is 2.00 bits per heavy atom. The van der Waals surface area contributed by atoms with Gasteiger partial charge >= 0.3 is 5.97 Å². The highest BCUT2D eigenvalue weighted by molar-refractivity contribution is 5.91. The van der Waals surface area contributed by atoms with Crippen LogP contribution in [0.1, 0.15) is 74.2 Å². The normalized spacial score (nSPS) is 10.8. The summed E-state index contributed by atoms with van der Waals surface area (Å²) in [6.45, 7) is 2.18. The first-order valence-corrected chi connectivity index (χ1v) is 7.99. The molecule has 5 heteroatoms. The van der Waals surface area contributed by atoms with Crippen molar-refractivity contribution in [2.45, 2.75) is 64.7 Å². The van der Waals surface area contributed by atoms with E-state index in [-0.39, 0.29) is 11.1 Å². The molecule has 0 aliphatic heterocycles. The van der Waals surface area contributed by atoms with Gasteiger partial charge < -0.3 is 20.4 Å². The van der Waals surface area contributed by atoms with Gasteiger partial charge in [-0.1, -0.05) is 51.9 Å². The van der Waals surface area contributed by atoms with Crippen molar-refractivity contribution in [1.82, 2.24) is 0 Å². The van der Waals surface area contributed by atoms with Crippen molar-refractivity contribution in [3.63, 3.8) is 0 Å². The highest BCUT2D eigenvalue weighted by Gasteiger charge is 2.20. The fraction of sp³-hybridized carbons (Fsp3) is 0.588. The van der Waals surface area contributed by atoms with Gasteiger partial charge in [0, 0.05) is 5.56 Å². The van der Waals surface area contributed by atoms with Gasteiger partial charge in [0.25, 0.3) is 0 Å². The highest BCUT2D eigenvalue weighted by Crippen LogP contribution is 2.40. The average molecular weight is 310 g/mol. The van der Waals surface area contributed by atoms with Crippen LogP contribution in [0.4, 0.5) is 0 Å². The number of carbonyl (C=O) groups is 1. The van der Waals surface area contributed by atoms with Crippen LogP contribution in [-0.4, -0.2) is 26.4 Å². The van der Waals surface area contributed by atoms with Crippen molar-refractivity contribution in [2.75, 3.05) is 0 Å². The molecule has 0 saturated carbocycles. The fourth-order valence-electron chi connectivity index (χ4n) is 2.56. The molecule has 4 N–H and O–H groups in total. The maximum absolute atomic E-state index is 11.2. The Labute approximate surface area is 131 Å². The molecule has 22 heavy (non-hydrogen) atoms. The molecule has 1 aromatic carbocycles. The van der Waals surface area contributed by atoms with Crippen LogP contribution in [0.25, 0.3) is 0 Å². The molecule has 0 fully saturated rings. The van der Waals surface area contributed by atoms with Gasteiger partial charge in [-0.15, -0.1) is 0 Å². The molecule has 0 radical (unpaired) electrons. The molecule has 5 nitrogen and oxygen atoms in total. The average Bonchev–Trinajstić information content (AvgIpc) is 2.49. The van der Waals surface area contributed by atoms with Gasteiger partial charge in [-0.2, -0.15) is 0 Å². The summed E-state index contributed by atoms with van der Waals surface area (Å²) in [5, 5.41) is 37.9. The van der Waals surface area contributed by atoms with E-state index in [0.29, 0.717) is 6.42 Å². The third kappa shape index (κ3) is 5.13. The van der Waals surface area contributed by atoms with Crippen LogP contribution in [0.5, 0.6) is 17.2 Å². The lowest BCUT2D eigenvalue weighted by atomic mass is 9.98. The summed E-state index contributed by atoms with van der Waals surface area (Å²) in [6.07, 6.45) is 9.28. The fourth-order valence-corrected chi connectivity index (χ4v) is 2.56. The summed E-state index contributed by atoms with van der Waals surface area (Å²) >= 11 is 0. The lowest BCUT2D eigenvalue weighted by Gasteiger charge is -2.11. The molecule has 0 bridgehead atoms. The Balaban J connectivity index is 2.52. The minimum absolute atomic E-state index is 0.157. The van der Waals surface area contributed by atoms with E-state index >= 15 is 0 Å². The molecule has 0 heterocycles. The number of aromatic hydroxyl groups is 3. The standard InChI is InChI=1S/C17H26O5/c1-2-3-4-5-6-7-8-9-10-12-13(17(21)22)11-14(18)16(20)15(12)19/h11,18-20H,2-10H2,1H3,(H,21,22). The number of benzene rings is 1. The number of carboxylic acids is 1. The van der Waals surface area contributed by atoms with Gasteiger partial charge in [0.15, 0.2) is 11.5 Å². The Morgan fingerprint density at radius 1 is 0.909 bits per heavy atom. The first kappa shape index (κ1) is 18.1. The second kappa shape index (κ2) is 9.18. The zero-order chi connectivity index (χ0) is 16.5. The molecular weight excluding hydrogens is 284 g/mol. The van der Waals surface area contributed by atoms with E-state index < -0.39 is 23.2 Å². The molecule has 0 amide bonds. The summed E-state index contributed by atoms with van der Waals surface area (Å²) in [5.41, 5.74) is 0.0320. The van der Waals surface area contributed by atoms with E-state index in [2.05, 4.69) is 6.92 Å². The van der Waals surface area contributed by atoms with E-state index in [9.17, 15) is 20.1 Å². The predicted octanol–water partition coefficient (Wildman–Crippen LogP) is 4.18. The van der Waals surface area contributed by atoms with Crippen LogP contribution in [0.2, 0.25) is 0 Å². The second-order valence-electron chi connectivity index (χ2n) is 5.65. The Morgan fingerprint density at radius 2 is 1.45 bits per heavy atom. The molecule has 1 aromatic rings. The summed E-state index contributed by atoms with van der Waals surface area (Å²) in [7, 11) is 0. The molecule has 1 rings (SSSR count). The minimum atomic E-state index is -1.22. The number of hydrogen-bond acceptors (Lipinski definition) is 4. The van der Waals surface area contributed by atoms with E-state index in [0.717, 1.165) is 25.3 Å². The van der Waals surface area contributed by atoms with Crippen molar-refractivity contribution in [3.8, 4) is 17.2 Å². The topological polar surface area (TPSA) is 98.0 Å². The van der Waals surface area contributed by atoms with Crippen molar-refractivity contribution in [1.29, 1.82) is 0 Å². The van der Waals surface area contributed by atoms with E-state index in [1.54, 1.807) is 0 Å². The molecule has 0 unspecified atom stereocenters. The smallest absolute Gasteiger partial charge is 0.336 e. The first-order valence-electron chi connectivity index (χ1n) is 7.99. The van der Waals surface area contributed by atoms with E-state index in [4.69, 9.17) is 5.11 Å². The number of hydrogen-bond donors (Lipinski definition) is 4. The molecule has 0 aliphatic rings.